The van der Waals surface area contributed by atoms with Crippen LogP contribution in [0.25, 0.3) is 0 Å². The first kappa shape index (κ1) is 20.5. The predicted octanol–water partition coefficient (Wildman–Crippen LogP) is 4.14. The molecule has 1 rings (SSSR count). The number of hydrogen-bond acceptors (Lipinski definition) is 2. The van der Waals surface area contributed by atoms with Gasteiger partial charge in [-0.2, -0.15) is 0 Å². The summed E-state index contributed by atoms with van der Waals surface area (Å²) in [5.41, 5.74) is 2.64. The minimum atomic E-state index is 0.355. The van der Waals surface area contributed by atoms with Gasteiger partial charge in [-0.25, -0.2) is 0 Å². The number of anilines is 1. The first-order valence-electron chi connectivity index (χ1n) is 8.23. The van der Waals surface area contributed by atoms with Gasteiger partial charge in [-0.1, -0.05) is 56.6 Å². The van der Waals surface area contributed by atoms with Crippen molar-refractivity contribution in [2.24, 2.45) is 0 Å². The highest BCUT2D eigenvalue weighted by atomic mass is 27.1. The van der Waals surface area contributed by atoms with Gasteiger partial charge >= 0.3 is 0 Å². The molecule has 1 aromatic rings. The molecule has 0 unspecified atom stereocenters. The third-order valence-corrected chi connectivity index (χ3v) is 4.40. The van der Waals surface area contributed by atoms with Crippen LogP contribution in [0.3, 0.4) is 0 Å². The van der Waals surface area contributed by atoms with Gasteiger partial charge in [0.15, 0.2) is 0 Å². The first-order chi connectivity index (χ1) is 9.90. The van der Waals surface area contributed by atoms with Gasteiger partial charge in [-0.05, 0) is 32.8 Å². The highest BCUT2D eigenvalue weighted by Gasteiger charge is 2.05. The molecule has 119 valence electrons. The zero-order chi connectivity index (χ0) is 16.3. The van der Waals surface area contributed by atoms with E-state index >= 15 is 0 Å². The molecule has 0 atom stereocenters. The maximum atomic E-state index is 8.20. The van der Waals surface area contributed by atoms with Gasteiger partial charge in [-0.3, -0.25) is 0 Å². The Kier molecular flexibility index (Phi) is 11.8. The summed E-state index contributed by atoms with van der Waals surface area (Å²) in [7, 11) is 0. The first-order valence-corrected chi connectivity index (χ1v) is 9.48. The highest BCUT2D eigenvalue weighted by Crippen LogP contribution is 2.13. The van der Waals surface area contributed by atoms with Crippen molar-refractivity contribution in [2.45, 2.75) is 71.6 Å². The Morgan fingerprint density at radius 2 is 1.81 bits per heavy atom. The number of aliphatic hydroxyl groups excluding tert-OH is 1. The largest absolute Gasteiger partial charge is 0.396 e. The lowest BCUT2D eigenvalue weighted by atomic mass is 10.2. The Bertz CT molecular complexity index is 373. The number of aliphatic hydroxyl groups is 1. The summed E-state index contributed by atoms with van der Waals surface area (Å²) in [6, 6.07) is 7.34. The number of rotatable bonds is 7. The van der Waals surface area contributed by atoms with Crippen molar-refractivity contribution in [3.63, 3.8) is 0 Å². The molecule has 0 aromatic heterocycles. The number of aryl methyl sites for hydroxylation is 1. The van der Waals surface area contributed by atoms with E-state index in [2.05, 4.69) is 65.1 Å². The fourth-order valence-corrected chi connectivity index (χ4v) is 3.20. The van der Waals surface area contributed by atoms with Crippen LogP contribution >= 0.6 is 0 Å². The average Bonchev–Trinajstić information content (AvgIpc) is 2.40. The summed E-state index contributed by atoms with van der Waals surface area (Å²) < 4.78 is 2.32. The zero-order valence-corrected chi connectivity index (χ0v) is 15.9. The molecule has 2 N–H and O–H groups in total. The molecule has 2 nitrogen and oxygen atoms in total. The summed E-state index contributed by atoms with van der Waals surface area (Å²) in [6.07, 6.45) is 3.33. The highest BCUT2D eigenvalue weighted by molar-refractivity contribution is 6.54. The van der Waals surface area contributed by atoms with Crippen LogP contribution in [-0.2, 0) is 0 Å². The average molecular weight is 306 g/mol. The van der Waals surface area contributed by atoms with E-state index in [0.717, 1.165) is 17.6 Å². The summed E-state index contributed by atoms with van der Waals surface area (Å²) in [5.74, 6) is 0. The second-order valence-electron chi connectivity index (χ2n) is 6.21. The van der Waals surface area contributed by atoms with Crippen molar-refractivity contribution >= 4 is 25.3 Å². The molecule has 0 bridgehead atoms. The maximum absolute atomic E-state index is 8.20. The van der Waals surface area contributed by atoms with Crippen LogP contribution in [0.2, 0.25) is 4.78 Å². The lowest BCUT2D eigenvalue weighted by molar-refractivity contribution is 0.284. The van der Waals surface area contributed by atoms with Gasteiger partial charge in [0.05, 0.1) is 0 Å². The Hall–Kier alpha value is -0.488. The Morgan fingerprint density at radius 1 is 1.14 bits per heavy atom. The second kappa shape index (κ2) is 12.1. The SMILES string of the molecule is CCCCCO.Cc1cc[c]([Al][CH](C)C)cc1NC(C)C. The predicted molar refractivity (Wildman–Crippen MR) is 97.0 cm³/mol. The van der Waals surface area contributed by atoms with Crippen molar-refractivity contribution in [3.05, 3.63) is 23.8 Å². The fourth-order valence-electron chi connectivity index (χ4n) is 1.96. The van der Waals surface area contributed by atoms with Crippen molar-refractivity contribution in [1.29, 1.82) is 0 Å². The lowest BCUT2D eigenvalue weighted by Gasteiger charge is -2.14. The molecular formula is C18H33AlNO. The molecule has 0 amide bonds. The van der Waals surface area contributed by atoms with Gasteiger partial charge in [0.25, 0.3) is 15.2 Å². The van der Waals surface area contributed by atoms with E-state index < -0.39 is 0 Å². The third-order valence-electron chi connectivity index (χ3n) is 2.99. The van der Waals surface area contributed by atoms with E-state index in [1.807, 2.05) is 0 Å². The summed E-state index contributed by atoms with van der Waals surface area (Å²) in [4.78, 5) is 0. The minimum absolute atomic E-state index is 0.355. The molecule has 3 heteroatoms. The molecule has 1 aromatic carbocycles. The number of unbranched alkanes of at least 4 members (excludes halogenated alkanes) is 2. The van der Waals surface area contributed by atoms with E-state index in [-0.39, 0.29) is 0 Å². The molecule has 0 aliphatic carbocycles. The topological polar surface area (TPSA) is 32.3 Å². The normalized spacial score (nSPS) is 10.3. The van der Waals surface area contributed by atoms with Gasteiger partial charge in [-0.15, -0.1) is 4.43 Å². The summed E-state index contributed by atoms with van der Waals surface area (Å²) in [5, 5.41) is 11.7. The van der Waals surface area contributed by atoms with E-state index in [0.29, 0.717) is 27.9 Å². The Morgan fingerprint density at radius 3 is 2.24 bits per heavy atom. The van der Waals surface area contributed by atoms with E-state index in [1.165, 1.54) is 22.1 Å². The van der Waals surface area contributed by atoms with Crippen LogP contribution in [0.1, 0.15) is 59.4 Å². The molecule has 0 fully saturated rings. The van der Waals surface area contributed by atoms with Crippen LogP contribution < -0.4 is 9.74 Å². The maximum Gasteiger partial charge on any atom is 0.253 e. The van der Waals surface area contributed by atoms with Crippen LogP contribution in [0, 0.1) is 6.92 Å². The molecule has 0 saturated carbocycles. The molecule has 0 aliphatic heterocycles. The Labute approximate surface area is 138 Å². The van der Waals surface area contributed by atoms with Gasteiger partial charge in [0.2, 0.25) is 0 Å². The monoisotopic (exact) mass is 306 g/mol. The number of benzene rings is 1. The molecular weight excluding hydrogens is 273 g/mol. The minimum Gasteiger partial charge on any atom is -0.396 e. The van der Waals surface area contributed by atoms with Crippen LogP contribution in [0.4, 0.5) is 5.69 Å². The third kappa shape index (κ3) is 10.8. The van der Waals surface area contributed by atoms with Gasteiger partial charge < -0.3 is 10.4 Å². The van der Waals surface area contributed by atoms with Crippen molar-refractivity contribution in [1.82, 2.24) is 0 Å². The van der Waals surface area contributed by atoms with Crippen molar-refractivity contribution < 1.29 is 5.11 Å². The van der Waals surface area contributed by atoms with Crippen molar-refractivity contribution in [2.75, 3.05) is 11.9 Å². The zero-order valence-electron chi connectivity index (χ0n) is 14.7. The van der Waals surface area contributed by atoms with E-state index in [1.54, 1.807) is 0 Å². The van der Waals surface area contributed by atoms with Crippen molar-refractivity contribution in [3.8, 4) is 0 Å². The Balaban J connectivity index is 0.000000567. The molecule has 0 saturated heterocycles. The van der Waals surface area contributed by atoms with Crippen LogP contribution in [-0.4, -0.2) is 33.0 Å². The van der Waals surface area contributed by atoms with Crippen LogP contribution in [0.5, 0.6) is 0 Å². The molecule has 0 aliphatic rings. The molecule has 0 spiro atoms. The molecule has 21 heavy (non-hydrogen) atoms. The quantitative estimate of drug-likeness (QED) is 0.586. The number of hydrogen-bond donors (Lipinski definition) is 2. The summed E-state index contributed by atoms with van der Waals surface area (Å²) in [6.45, 7) is 13.6. The standard InChI is InChI=1S/C10H14N.C5H12O.C3H7.Al/c1-8(2)11-10-7-5-4-6-9(10)3;1-2-3-4-5-6;1-3-2;/h4,6-8,11H,1-3H3;6H,2-5H2,1H3;3H,1-2H3;. The van der Waals surface area contributed by atoms with Crippen LogP contribution in [0.15, 0.2) is 18.2 Å². The van der Waals surface area contributed by atoms with Gasteiger partial charge in [0.1, 0.15) is 0 Å². The second-order valence-corrected chi connectivity index (χ2v) is 8.55. The summed E-state index contributed by atoms with van der Waals surface area (Å²) >= 11 is 0.411. The smallest absolute Gasteiger partial charge is 0.253 e. The number of nitrogens with one attached hydrogen (secondary N) is 1. The molecule has 1 radical (unpaired) electrons. The van der Waals surface area contributed by atoms with Gasteiger partial charge in [0, 0.05) is 18.3 Å². The van der Waals surface area contributed by atoms with E-state index in [9.17, 15) is 0 Å². The fraction of sp³-hybridized carbons (Fsp3) is 0.667. The van der Waals surface area contributed by atoms with E-state index in [4.69, 9.17) is 5.11 Å². The lowest BCUT2D eigenvalue weighted by Crippen LogP contribution is -2.19. The molecule has 0 heterocycles.